The molecule has 2 heterocycles. The first-order chi connectivity index (χ1) is 12.1. The van der Waals surface area contributed by atoms with Crippen LogP contribution < -0.4 is 5.32 Å². The Morgan fingerprint density at radius 3 is 2.80 bits per heavy atom. The van der Waals surface area contributed by atoms with E-state index in [9.17, 15) is 9.59 Å². The summed E-state index contributed by atoms with van der Waals surface area (Å²) in [6, 6.07) is 13.2. The zero-order chi connectivity index (χ0) is 17.6. The number of pyridine rings is 1. The lowest BCUT2D eigenvalue weighted by Gasteiger charge is -2.32. The number of urea groups is 1. The predicted octanol–water partition coefficient (Wildman–Crippen LogP) is 3.47. The Morgan fingerprint density at radius 1 is 1.24 bits per heavy atom. The van der Waals surface area contributed by atoms with Crippen molar-refractivity contribution >= 4 is 17.7 Å². The summed E-state index contributed by atoms with van der Waals surface area (Å²) in [6.45, 7) is 1.13. The molecule has 2 amide bonds. The number of piperidine rings is 1. The third kappa shape index (κ3) is 4.56. The maximum Gasteiger partial charge on any atom is 0.321 e. The van der Waals surface area contributed by atoms with Gasteiger partial charge < -0.3 is 15.3 Å². The molecule has 1 atom stereocenters. The molecule has 0 aliphatic carbocycles. The zero-order valence-electron chi connectivity index (χ0n) is 13.9. The minimum atomic E-state index is -0.811. The van der Waals surface area contributed by atoms with Crippen LogP contribution in [0.1, 0.15) is 19.3 Å². The lowest BCUT2D eigenvalue weighted by molar-refractivity contribution is -0.138. The molecule has 130 valence electrons. The fourth-order valence-corrected chi connectivity index (χ4v) is 3.14. The number of amides is 2. The maximum absolute atomic E-state index is 12.5. The van der Waals surface area contributed by atoms with E-state index in [4.69, 9.17) is 5.11 Å². The fraction of sp³-hybridized carbons (Fsp3) is 0.316. The monoisotopic (exact) mass is 339 g/mol. The molecule has 2 N–H and O–H groups in total. The third-order valence-corrected chi connectivity index (χ3v) is 4.35. The van der Waals surface area contributed by atoms with Crippen LogP contribution in [0.15, 0.2) is 48.7 Å². The van der Waals surface area contributed by atoms with E-state index in [1.54, 1.807) is 17.2 Å². The second-order valence-corrected chi connectivity index (χ2v) is 6.28. The van der Waals surface area contributed by atoms with Gasteiger partial charge in [-0.05, 0) is 30.9 Å². The van der Waals surface area contributed by atoms with E-state index in [-0.39, 0.29) is 18.4 Å². The van der Waals surface area contributed by atoms with Crippen molar-refractivity contribution < 1.29 is 14.7 Å². The second kappa shape index (κ2) is 7.79. The van der Waals surface area contributed by atoms with E-state index in [1.807, 2.05) is 36.4 Å². The number of likely N-dealkylation sites (tertiary alicyclic amines) is 1. The first kappa shape index (κ1) is 17.0. The van der Waals surface area contributed by atoms with Gasteiger partial charge in [0.15, 0.2) is 0 Å². The highest BCUT2D eigenvalue weighted by molar-refractivity contribution is 5.90. The van der Waals surface area contributed by atoms with E-state index in [0.29, 0.717) is 18.8 Å². The van der Waals surface area contributed by atoms with Crippen LogP contribution in [0.25, 0.3) is 11.3 Å². The fourth-order valence-electron chi connectivity index (χ4n) is 3.14. The number of hydrogen-bond donors (Lipinski definition) is 2. The number of hydrogen-bond acceptors (Lipinski definition) is 3. The number of benzene rings is 1. The Bertz CT molecular complexity index is 749. The molecule has 0 bridgehead atoms. The quantitative estimate of drug-likeness (QED) is 0.893. The average molecular weight is 339 g/mol. The molecule has 6 nitrogen and oxygen atoms in total. The molecule has 1 fully saturated rings. The van der Waals surface area contributed by atoms with Crippen molar-refractivity contribution in [3.8, 4) is 11.3 Å². The van der Waals surface area contributed by atoms with Gasteiger partial charge in [0.1, 0.15) is 0 Å². The second-order valence-electron chi connectivity index (χ2n) is 6.28. The van der Waals surface area contributed by atoms with Crippen LogP contribution in [-0.2, 0) is 4.79 Å². The molecule has 1 aromatic heterocycles. The summed E-state index contributed by atoms with van der Waals surface area (Å²) in [5.74, 6) is -0.789. The molecule has 0 spiro atoms. The number of aromatic nitrogens is 1. The SMILES string of the molecule is O=C(O)CC1CCCN(C(=O)Nc2ccnc(-c3ccccc3)c2)C1. The van der Waals surface area contributed by atoms with Crippen LogP contribution in [0.3, 0.4) is 0 Å². The summed E-state index contributed by atoms with van der Waals surface area (Å²) in [7, 11) is 0. The van der Waals surface area contributed by atoms with Crippen molar-refractivity contribution in [2.75, 3.05) is 18.4 Å². The Labute approximate surface area is 146 Å². The van der Waals surface area contributed by atoms with E-state index in [1.165, 1.54) is 0 Å². The molecule has 2 aromatic rings. The van der Waals surface area contributed by atoms with Gasteiger partial charge in [0, 0.05) is 37.0 Å². The van der Waals surface area contributed by atoms with Gasteiger partial charge in [0.2, 0.25) is 0 Å². The first-order valence-electron chi connectivity index (χ1n) is 8.41. The molecule has 1 aliphatic heterocycles. The summed E-state index contributed by atoms with van der Waals surface area (Å²) in [6.07, 6.45) is 3.46. The van der Waals surface area contributed by atoms with Crippen LogP contribution >= 0.6 is 0 Å². The topological polar surface area (TPSA) is 82.5 Å². The Kier molecular flexibility index (Phi) is 5.28. The van der Waals surface area contributed by atoms with E-state index < -0.39 is 5.97 Å². The largest absolute Gasteiger partial charge is 0.481 e. The van der Waals surface area contributed by atoms with E-state index in [0.717, 1.165) is 24.1 Å². The van der Waals surface area contributed by atoms with Crippen LogP contribution in [0, 0.1) is 5.92 Å². The number of carboxylic acid groups (broad SMARTS) is 1. The molecule has 1 unspecified atom stereocenters. The van der Waals surface area contributed by atoms with E-state index >= 15 is 0 Å². The van der Waals surface area contributed by atoms with Gasteiger partial charge in [-0.15, -0.1) is 0 Å². The summed E-state index contributed by atoms with van der Waals surface area (Å²) < 4.78 is 0. The lowest BCUT2D eigenvalue weighted by atomic mass is 9.95. The Balaban J connectivity index is 1.66. The van der Waals surface area contributed by atoms with Crippen molar-refractivity contribution in [3.63, 3.8) is 0 Å². The van der Waals surface area contributed by atoms with Gasteiger partial charge in [0.05, 0.1) is 5.69 Å². The Morgan fingerprint density at radius 2 is 2.04 bits per heavy atom. The first-order valence-corrected chi connectivity index (χ1v) is 8.41. The number of aliphatic carboxylic acids is 1. The maximum atomic E-state index is 12.5. The standard InChI is InChI=1S/C19H21N3O3/c23-18(24)11-14-5-4-10-22(13-14)19(25)21-16-8-9-20-17(12-16)15-6-2-1-3-7-15/h1-3,6-9,12,14H,4-5,10-11,13H2,(H,23,24)(H,20,21,25). The molecule has 6 heteroatoms. The van der Waals surface area contributed by atoms with Gasteiger partial charge in [-0.1, -0.05) is 30.3 Å². The van der Waals surface area contributed by atoms with Crippen molar-refractivity contribution in [1.29, 1.82) is 0 Å². The minimum Gasteiger partial charge on any atom is -0.481 e. The van der Waals surface area contributed by atoms with Crippen molar-refractivity contribution in [2.24, 2.45) is 5.92 Å². The lowest BCUT2D eigenvalue weighted by Crippen LogP contribution is -2.42. The summed E-state index contributed by atoms with van der Waals surface area (Å²) in [5.41, 5.74) is 2.46. The molecule has 0 saturated carbocycles. The van der Waals surface area contributed by atoms with Crippen molar-refractivity contribution in [3.05, 3.63) is 48.7 Å². The summed E-state index contributed by atoms with van der Waals surface area (Å²) in [4.78, 5) is 29.4. The number of anilines is 1. The smallest absolute Gasteiger partial charge is 0.321 e. The van der Waals surface area contributed by atoms with Gasteiger partial charge >= 0.3 is 12.0 Å². The number of nitrogens with zero attached hydrogens (tertiary/aromatic N) is 2. The summed E-state index contributed by atoms with van der Waals surface area (Å²) in [5, 5.41) is 11.8. The molecule has 1 aliphatic rings. The summed E-state index contributed by atoms with van der Waals surface area (Å²) >= 11 is 0. The molecule has 25 heavy (non-hydrogen) atoms. The Hall–Kier alpha value is -2.89. The van der Waals surface area contributed by atoms with Gasteiger partial charge in [0.25, 0.3) is 0 Å². The van der Waals surface area contributed by atoms with Crippen LogP contribution in [0.4, 0.5) is 10.5 Å². The number of rotatable bonds is 4. The van der Waals surface area contributed by atoms with E-state index in [2.05, 4.69) is 10.3 Å². The number of carboxylic acids is 1. The molecule has 1 saturated heterocycles. The highest BCUT2D eigenvalue weighted by Gasteiger charge is 2.25. The molecule has 3 rings (SSSR count). The van der Waals surface area contributed by atoms with Gasteiger partial charge in [-0.25, -0.2) is 4.79 Å². The van der Waals surface area contributed by atoms with Crippen molar-refractivity contribution in [2.45, 2.75) is 19.3 Å². The predicted molar refractivity (Wildman–Crippen MR) is 95.2 cm³/mol. The highest BCUT2D eigenvalue weighted by Crippen LogP contribution is 2.22. The van der Waals surface area contributed by atoms with Crippen LogP contribution in [0.5, 0.6) is 0 Å². The van der Waals surface area contributed by atoms with Crippen LogP contribution in [-0.4, -0.2) is 40.1 Å². The van der Waals surface area contributed by atoms with Crippen molar-refractivity contribution in [1.82, 2.24) is 9.88 Å². The molecule has 0 radical (unpaired) electrons. The molecular formula is C19H21N3O3. The van der Waals surface area contributed by atoms with Crippen LogP contribution in [0.2, 0.25) is 0 Å². The third-order valence-electron chi connectivity index (χ3n) is 4.35. The number of nitrogens with one attached hydrogen (secondary N) is 1. The average Bonchev–Trinajstić information content (AvgIpc) is 2.62. The van der Waals surface area contributed by atoms with Gasteiger partial charge in [-0.2, -0.15) is 0 Å². The zero-order valence-corrected chi connectivity index (χ0v) is 13.9. The number of carbonyl (C=O) groups is 2. The number of carbonyl (C=O) groups excluding carboxylic acids is 1. The normalized spacial score (nSPS) is 17.1. The molecular weight excluding hydrogens is 318 g/mol. The highest BCUT2D eigenvalue weighted by atomic mass is 16.4. The minimum absolute atomic E-state index is 0.0225. The molecule has 1 aromatic carbocycles. The van der Waals surface area contributed by atoms with Gasteiger partial charge in [-0.3, -0.25) is 9.78 Å².